The van der Waals surface area contributed by atoms with Crippen LogP contribution >= 0.6 is 11.8 Å². The largest absolute Gasteiger partial charge is 0.255 e. The predicted octanol–water partition coefficient (Wildman–Crippen LogP) is 3.51. The maximum Gasteiger partial charge on any atom is 0.0762 e. The summed E-state index contributed by atoms with van der Waals surface area (Å²) in [5.74, 6) is 0. The predicted molar refractivity (Wildman–Crippen MR) is 63.3 cm³/mol. The molecule has 1 aliphatic rings. The third-order valence-corrected chi connectivity index (χ3v) is 3.67. The van der Waals surface area contributed by atoms with Crippen LogP contribution in [0, 0.1) is 0 Å². The molecule has 1 atom stereocenters. The summed E-state index contributed by atoms with van der Waals surface area (Å²) in [5, 5.41) is 0.720. The summed E-state index contributed by atoms with van der Waals surface area (Å²) in [6.07, 6.45) is 6.52. The van der Waals surface area contributed by atoms with Crippen LogP contribution in [0.3, 0.4) is 0 Å². The number of thioether (sulfide) groups is 1. The van der Waals surface area contributed by atoms with Crippen LogP contribution < -0.4 is 0 Å². The van der Waals surface area contributed by atoms with Gasteiger partial charge < -0.3 is 0 Å². The van der Waals surface area contributed by atoms with E-state index in [0.29, 0.717) is 0 Å². The van der Waals surface area contributed by atoms with Crippen LogP contribution in [0.1, 0.15) is 31.5 Å². The number of pyridine rings is 1. The van der Waals surface area contributed by atoms with Gasteiger partial charge in [0.1, 0.15) is 0 Å². The third-order valence-electron chi connectivity index (χ3n) is 2.45. The van der Waals surface area contributed by atoms with E-state index in [1.54, 1.807) is 0 Å². The van der Waals surface area contributed by atoms with Crippen molar-refractivity contribution in [3.63, 3.8) is 0 Å². The molecular formula is C12H15NS. The second-order valence-corrected chi connectivity index (χ2v) is 5.12. The standard InChI is InChI=1S/C12H15NS/c1-3-10-5-6-11(13-8-10)12-7-4-9(2)14-12/h5-9H,3-4H2,1-2H3. The van der Waals surface area contributed by atoms with E-state index in [1.807, 2.05) is 18.0 Å². The van der Waals surface area contributed by atoms with E-state index < -0.39 is 0 Å². The Morgan fingerprint density at radius 1 is 1.50 bits per heavy atom. The Kier molecular flexibility index (Phi) is 2.92. The summed E-state index contributed by atoms with van der Waals surface area (Å²) in [6, 6.07) is 4.31. The van der Waals surface area contributed by atoms with Crippen LogP contribution in [-0.4, -0.2) is 10.2 Å². The fraction of sp³-hybridized carbons (Fsp3) is 0.417. The van der Waals surface area contributed by atoms with Gasteiger partial charge in [-0.05, 0) is 24.5 Å². The molecule has 2 heterocycles. The summed E-state index contributed by atoms with van der Waals surface area (Å²) >= 11 is 1.93. The Morgan fingerprint density at radius 2 is 2.36 bits per heavy atom. The molecule has 0 fully saturated rings. The van der Waals surface area contributed by atoms with Crippen LogP contribution in [0.5, 0.6) is 0 Å². The van der Waals surface area contributed by atoms with Crippen molar-refractivity contribution in [2.24, 2.45) is 0 Å². The summed E-state index contributed by atoms with van der Waals surface area (Å²) < 4.78 is 0. The van der Waals surface area contributed by atoms with Crippen LogP contribution in [0.2, 0.25) is 0 Å². The van der Waals surface area contributed by atoms with Crippen molar-refractivity contribution in [3.8, 4) is 0 Å². The van der Waals surface area contributed by atoms with E-state index >= 15 is 0 Å². The molecule has 0 radical (unpaired) electrons. The highest BCUT2D eigenvalue weighted by molar-refractivity contribution is 8.09. The first-order valence-corrected chi connectivity index (χ1v) is 5.99. The van der Waals surface area contributed by atoms with Crippen LogP contribution in [0.4, 0.5) is 0 Å². The Labute approximate surface area is 89.6 Å². The van der Waals surface area contributed by atoms with Crippen molar-refractivity contribution in [1.82, 2.24) is 4.98 Å². The molecule has 2 heteroatoms. The Bertz CT molecular complexity index is 340. The monoisotopic (exact) mass is 205 g/mol. The van der Waals surface area contributed by atoms with E-state index in [2.05, 4.69) is 37.0 Å². The number of nitrogens with zero attached hydrogens (tertiary/aromatic N) is 1. The Morgan fingerprint density at radius 3 is 2.86 bits per heavy atom. The van der Waals surface area contributed by atoms with E-state index in [0.717, 1.165) is 17.4 Å². The maximum absolute atomic E-state index is 4.48. The topological polar surface area (TPSA) is 12.9 Å². The van der Waals surface area contributed by atoms with Gasteiger partial charge in [-0.2, -0.15) is 0 Å². The number of aryl methyl sites for hydroxylation is 1. The molecule has 1 aromatic rings. The molecule has 74 valence electrons. The first-order chi connectivity index (χ1) is 6.79. The number of aromatic nitrogens is 1. The molecule has 2 rings (SSSR count). The molecule has 0 N–H and O–H groups in total. The minimum absolute atomic E-state index is 0.720. The summed E-state index contributed by atoms with van der Waals surface area (Å²) in [7, 11) is 0. The van der Waals surface area contributed by atoms with E-state index in [4.69, 9.17) is 0 Å². The first-order valence-electron chi connectivity index (χ1n) is 5.11. The van der Waals surface area contributed by atoms with Crippen molar-refractivity contribution in [3.05, 3.63) is 35.7 Å². The summed E-state index contributed by atoms with van der Waals surface area (Å²) in [6.45, 7) is 4.41. The highest BCUT2D eigenvalue weighted by Crippen LogP contribution is 2.37. The van der Waals surface area contributed by atoms with Gasteiger partial charge in [-0.3, -0.25) is 4.98 Å². The average Bonchev–Trinajstić information content (AvgIpc) is 2.65. The molecule has 0 amide bonds. The second kappa shape index (κ2) is 4.18. The van der Waals surface area contributed by atoms with Crippen molar-refractivity contribution in [2.75, 3.05) is 0 Å². The van der Waals surface area contributed by atoms with Crippen LogP contribution in [0.15, 0.2) is 24.4 Å². The molecule has 0 spiro atoms. The Hall–Kier alpha value is -0.760. The lowest BCUT2D eigenvalue weighted by Gasteiger charge is -2.03. The third kappa shape index (κ3) is 2.01. The molecule has 0 saturated heterocycles. The normalized spacial score (nSPS) is 21.0. The van der Waals surface area contributed by atoms with Crippen molar-refractivity contribution < 1.29 is 0 Å². The van der Waals surface area contributed by atoms with Gasteiger partial charge in [0.2, 0.25) is 0 Å². The van der Waals surface area contributed by atoms with E-state index in [9.17, 15) is 0 Å². The molecule has 1 unspecified atom stereocenters. The highest BCUT2D eigenvalue weighted by Gasteiger charge is 2.15. The van der Waals surface area contributed by atoms with Gasteiger partial charge in [0, 0.05) is 16.4 Å². The van der Waals surface area contributed by atoms with Crippen molar-refractivity contribution >= 4 is 16.7 Å². The van der Waals surface area contributed by atoms with Crippen molar-refractivity contribution in [1.29, 1.82) is 0 Å². The lowest BCUT2D eigenvalue weighted by molar-refractivity contribution is 1.00. The van der Waals surface area contributed by atoms with Crippen molar-refractivity contribution in [2.45, 2.75) is 31.9 Å². The molecule has 1 aliphatic heterocycles. The quantitative estimate of drug-likeness (QED) is 0.732. The van der Waals surface area contributed by atoms with Gasteiger partial charge in [-0.1, -0.05) is 26.0 Å². The highest BCUT2D eigenvalue weighted by atomic mass is 32.2. The van der Waals surface area contributed by atoms with Crippen LogP contribution in [0.25, 0.3) is 4.91 Å². The fourth-order valence-corrected chi connectivity index (χ4v) is 2.59. The minimum Gasteiger partial charge on any atom is -0.255 e. The van der Waals surface area contributed by atoms with Gasteiger partial charge in [0.25, 0.3) is 0 Å². The zero-order valence-electron chi connectivity index (χ0n) is 8.66. The SMILES string of the molecule is CCc1ccc(C2=CCC(C)S2)nc1. The van der Waals surface area contributed by atoms with Gasteiger partial charge in [0.15, 0.2) is 0 Å². The number of rotatable bonds is 2. The maximum atomic E-state index is 4.48. The molecule has 0 bridgehead atoms. The fourth-order valence-electron chi connectivity index (χ4n) is 1.53. The first kappa shape index (κ1) is 9.78. The second-order valence-electron chi connectivity index (χ2n) is 3.64. The zero-order chi connectivity index (χ0) is 9.97. The summed E-state index contributed by atoms with van der Waals surface area (Å²) in [4.78, 5) is 5.82. The van der Waals surface area contributed by atoms with E-state index in [1.165, 1.54) is 16.9 Å². The molecule has 14 heavy (non-hydrogen) atoms. The van der Waals surface area contributed by atoms with E-state index in [-0.39, 0.29) is 0 Å². The molecule has 1 nitrogen and oxygen atoms in total. The van der Waals surface area contributed by atoms with Gasteiger partial charge in [0.05, 0.1) is 5.69 Å². The smallest absolute Gasteiger partial charge is 0.0762 e. The van der Waals surface area contributed by atoms with Crippen LogP contribution in [-0.2, 0) is 6.42 Å². The number of hydrogen-bond donors (Lipinski definition) is 0. The van der Waals surface area contributed by atoms with Gasteiger partial charge in [-0.15, -0.1) is 11.8 Å². The van der Waals surface area contributed by atoms with Gasteiger partial charge in [-0.25, -0.2) is 0 Å². The molecule has 0 saturated carbocycles. The zero-order valence-corrected chi connectivity index (χ0v) is 9.47. The molecule has 0 aliphatic carbocycles. The molecule has 0 aromatic carbocycles. The average molecular weight is 205 g/mol. The molecule has 1 aromatic heterocycles. The molecular weight excluding hydrogens is 190 g/mol. The lowest BCUT2D eigenvalue weighted by Crippen LogP contribution is -1.89. The number of hydrogen-bond acceptors (Lipinski definition) is 2. The summed E-state index contributed by atoms with van der Waals surface area (Å²) in [5.41, 5.74) is 2.45. The Balaban J connectivity index is 2.17. The number of allylic oxidation sites excluding steroid dienone is 1. The van der Waals surface area contributed by atoms with Gasteiger partial charge >= 0.3 is 0 Å². The minimum atomic E-state index is 0.720. The lowest BCUT2D eigenvalue weighted by atomic mass is 10.2.